The van der Waals surface area contributed by atoms with Crippen molar-refractivity contribution in [1.82, 2.24) is 4.90 Å². The van der Waals surface area contributed by atoms with Gasteiger partial charge in [-0.1, -0.05) is 31.1 Å². The van der Waals surface area contributed by atoms with Gasteiger partial charge in [0.25, 0.3) is 5.91 Å². The molecule has 3 fully saturated rings. The number of fused-ring (bicyclic) bond motifs is 5. The van der Waals surface area contributed by atoms with E-state index in [2.05, 4.69) is 12.2 Å². The molecule has 4 aliphatic rings. The second kappa shape index (κ2) is 6.32. The van der Waals surface area contributed by atoms with Crippen LogP contribution in [0.4, 0.5) is 5.69 Å². The van der Waals surface area contributed by atoms with Crippen molar-refractivity contribution in [2.24, 2.45) is 23.7 Å². The summed E-state index contributed by atoms with van der Waals surface area (Å²) in [6.07, 6.45) is 9.52. The summed E-state index contributed by atoms with van der Waals surface area (Å²) in [5.74, 6) is -0.219. The van der Waals surface area contributed by atoms with Gasteiger partial charge in [0.2, 0.25) is 11.8 Å². The Labute approximate surface area is 159 Å². The van der Waals surface area contributed by atoms with Crippen LogP contribution in [0, 0.1) is 23.7 Å². The molecular weight excluding hydrogens is 340 g/mol. The van der Waals surface area contributed by atoms with E-state index in [1.807, 2.05) is 4.90 Å². The van der Waals surface area contributed by atoms with Crippen molar-refractivity contribution in [1.29, 1.82) is 0 Å². The van der Waals surface area contributed by atoms with Gasteiger partial charge >= 0.3 is 0 Å². The summed E-state index contributed by atoms with van der Waals surface area (Å²) in [6.45, 7) is 1.56. The molecule has 5 heteroatoms. The van der Waals surface area contributed by atoms with E-state index < -0.39 is 0 Å². The lowest BCUT2D eigenvalue weighted by atomic mass is 9.85. The van der Waals surface area contributed by atoms with E-state index in [-0.39, 0.29) is 41.4 Å². The highest BCUT2D eigenvalue weighted by atomic mass is 16.2. The van der Waals surface area contributed by atoms with Crippen molar-refractivity contribution < 1.29 is 14.4 Å². The van der Waals surface area contributed by atoms with Gasteiger partial charge < -0.3 is 4.90 Å². The van der Waals surface area contributed by atoms with Gasteiger partial charge in [-0.25, -0.2) is 4.90 Å². The van der Waals surface area contributed by atoms with Crippen LogP contribution in [0.3, 0.4) is 0 Å². The molecule has 1 aromatic carbocycles. The SMILES string of the molecule is O=C(c1cccc(N2C(=O)[C@@H]3[C@@H](C2=O)[C@@H]2C=C[C@@H]3C2)c1)N1CCCCCC1. The summed E-state index contributed by atoms with van der Waals surface area (Å²) in [6, 6.07) is 7.06. The summed E-state index contributed by atoms with van der Waals surface area (Å²) in [5.41, 5.74) is 1.10. The summed E-state index contributed by atoms with van der Waals surface area (Å²) in [5, 5.41) is 0. The van der Waals surface area contributed by atoms with Crippen LogP contribution in [0.25, 0.3) is 0 Å². The quantitative estimate of drug-likeness (QED) is 0.599. The molecule has 27 heavy (non-hydrogen) atoms. The van der Waals surface area contributed by atoms with Gasteiger partial charge in [0.15, 0.2) is 0 Å². The number of rotatable bonds is 2. The van der Waals surface area contributed by atoms with Gasteiger partial charge in [-0.05, 0) is 49.3 Å². The van der Waals surface area contributed by atoms with Crippen LogP contribution in [-0.2, 0) is 9.59 Å². The largest absolute Gasteiger partial charge is 0.339 e. The molecule has 140 valence electrons. The highest BCUT2D eigenvalue weighted by molar-refractivity contribution is 6.23. The number of likely N-dealkylation sites (tertiary alicyclic amines) is 1. The van der Waals surface area contributed by atoms with Crippen molar-refractivity contribution in [3.63, 3.8) is 0 Å². The fraction of sp³-hybridized carbons (Fsp3) is 0.500. The lowest BCUT2D eigenvalue weighted by Crippen LogP contribution is -2.34. The molecule has 0 spiro atoms. The summed E-state index contributed by atoms with van der Waals surface area (Å²) < 4.78 is 0. The second-order valence-corrected chi connectivity index (χ2v) is 8.27. The Kier molecular flexibility index (Phi) is 3.92. The number of hydrogen-bond acceptors (Lipinski definition) is 3. The number of benzene rings is 1. The molecule has 3 amide bonds. The lowest BCUT2D eigenvalue weighted by Gasteiger charge is -2.22. The maximum Gasteiger partial charge on any atom is 0.253 e. The Balaban J connectivity index is 1.42. The molecule has 5 nitrogen and oxygen atoms in total. The molecule has 2 aliphatic carbocycles. The Morgan fingerprint density at radius 2 is 1.52 bits per heavy atom. The van der Waals surface area contributed by atoms with Gasteiger partial charge in [-0.3, -0.25) is 14.4 Å². The second-order valence-electron chi connectivity index (χ2n) is 8.27. The predicted octanol–water partition coefficient (Wildman–Crippen LogP) is 3.01. The van der Waals surface area contributed by atoms with Crippen LogP contribution >= 0.6 is 0 Å². The van der Waals surface area contributed by atoms with Gasteiger partial charge in [-0.15, -0.1) is 0 Å². The van der Waals surface area contributed by atoms with E-state index >= 15 is 0 Å². The third kappa shape index (κ3) is 2.55. The molecule has 5 rings (SSSR count). The highest BCUT2D eigenvalue weighted by Gasteiger charge is 2.59. The number of anilines is 1. The van der Waals surface area contributed by atoms with Gasteiger partial charge in [-0.2, -0.15) is 0 Å². The van der Waals surface area contributed by atoms with Crippen LogP contribution in [0.1, 0.15) is 42.5 Å². The van der Waals surface area contributed by atoms with Gasteiger partial charge in [0, 0.05) is 18.7 Å². The van der Waals surface area contributed by atoms with Crippen LogP contribution in [0.5, 0.6) is 0 Å². The molecule has 1 aromatic rings. The molecule has 2 heterocycles. The fourth-order valence-corrected chi connectivity index (χ4v) is 5.39. The standard InChI is InChI=1S/C22H24N2O3/c25-20(23-10-3-1-2-4-11-23)16-6-5-7-17(13-16)24-21(26)18-14-8-9-15(12-14)19(18)22(24)27/h5-9,13-15,18-19H,1-4,10-12H2/t14-,15-,18+,19+/m1/s1. The van der Waals surface area contributed by atoms with Crippen molar-refractivity contribution in [2.45, 2.75) is 32.1 Å². The third-order valence-electron chi connectivity index (χ3n) is 6.71. The minimum Gasteiger partial charge on any atom is -0.339 e. The van der Waals surface area contributed by atoms with Gasteiger partial charge in [0.05, 0.1) is 17.5 Å². The zero-order chi connectivity index (χ0) is 18.5. The van der Waals surface area contributed by atoms with Gasteiger partial charge in [0.1, 0.15) is 0 Å². The number of allylic oxidation sites excluding steroid dienone is 2. The number of amides is 3. The molecule has 0 unspecified atom stereocenters. The molecule has 0 N–H and O–H groups in total. The number of hydrogen-bond donors (Lipinski definition) is 0. The van der Waals surface area contributed by atoms with E-state index in [1.54, 1.807) is 24.3 Å². The monoisotopic (exact) mass is 364 g/mol. The Hall–Kier alpha value is -2.43. The predicted molar refractivity (Wildman–Crippen MR) is 101 cm³/mol. The van der Waals surface area contributed by atoms with Crippen LogP contribution in [0.15, 0.2) is 36.4 Å². The van der Waals surface area contributed by atoms with E-state index in [0.717, 1.165) is 32.4 Å². The average Bonchev–Trinajstić information content (AvgIpc) is 3.28. The summed E-state index contributed by atoms with van der Waals surface area (Å²) in [4.78, 5) is 42.1. The maximum atomic E-state index is 13.0. The molecule has 0 aromatic heterocycles. The summed E-state index contributed by atoms with van der Waals surface area (Å²) >= 11 is 0. The molecule has 4 atom stereocenters. The van der Waals surface area contributed by atoms with Crippen molar-refractivity contribution in [3.8, 4) is 0 Å². The molecule has 1 saturated carbocycles. The van der Waals surface area contributed by atoms with Crippen LogP contribution < -0.4 is 4.90 Å². The van der Waals surface area contributed by atoms with Crippen molar-refractivity contribution in [2.75, 3.05) is 18.0 Å². The van der Waals surface area contributed by atoms with Crippen LogP contribution in [0.2, 0.25) is 0 Å². The van der Waals surface area contributed by atoms with Crippen molar-refractivity contribution in [3.05, 3.63) is 42.0 Å². The van der Waals surface area contributed by atoms with E-state index in [4.69, 9.17) is 0 Å². The zero-order valence-corrected chi connectivity index (χ0v) is 15.3. The lowest BCUT2D eigenvalue weighted by molar-refractivity contribution is -0.123. The van der Waals surface area contributed by atoms with E-state index in [0.29, 0.717) is 11.3 Å². The molecular formula is C22H24N2O3. The Morgan fingerprint density at radius 1 is 0.889 bits per heavy atom. The number of imide groups is 1. The molecule has 0 radical (unpaired) electrons. The average molecular weight is 364 g/mol. The number of carbonyl (C=O) groups excluding carboxylic acids is 3. The molecule has 2 saturated heterocycles. The minimum absolute atomic E-state index is 0.000208. The molecule has 2 bridgehead atoms. The zero-order valence-electron chi connectivity index (χ0n) is 15.3. The third-order valence-corrected chi connectivity index (χ3v) is 6.71. The minimum atomic E-state index is -0.211. The van der Waals surface area contributed by atoms with E-state index in [1.165, 1.54) is 17.7 Å². The topological polar surface area (TPSA) is 57.7 Å². The Bertz CT molecular complexity index is 808. The first-order chi connectivity index (χ1) is 13.1. The number of nitrogens with zero attached hydrogens (tertiary/aromatic N) is 2. The first-order valence-electron chi connectivity index (χ1n) is 10.1. The van der Waals surface area contributed by atoms with Crippen molar-refractivity contribution >= 4 is 23.4 Å². The summed E-state index contributed by atoms with van der Waals surface area (Å²) in [7, 11) is 0. The molecule has 2 aliphatic heterocycles. The maximum absolute atomic E-state index is 13.0. The smallest absolute Gasteiger partial charge is 0.253 e. The normalized spacial score (nSPS) is 32.1. The van der Waals surface area contributed by atoms with E-state index in [9.17, 15) is 14.4 Å². The fourth-order valence-electron chi connectivity index (χ4n) is 5.39. The first-order valence-corrected chi connectivity index (χ1v) is 10.1. The highest BCUT2D eigenvalue weighted by Crippen LogP contribution is 2.53. The first kappa shape index (κ1) is 16.7. The Morgan fingerprint density at radius 3 is 2.15 bits per heavy atom. The van der Waals surface area contributed by atoms with Crippen LogP contribution in [-0.4, -0.2) is 35.7 Å². The number of carbonyl (C=O) groups is 3.